The van der Waals surface area contributed by atoms with Gasteiger partial charge in [-0.05, 0) is 50.7 Å². The van der Waals surface area contributed by atoms with Crippen molar-refractivity contribution in [2.75, 3.05) is 5.32 Å². The van der Waals surface area contributed by atoms with Gasteiger partial charge in [0.1, 0.15) is 0 Å². The molecule has 4 nitrogen and oxygen atoms in total. The normalized spacial score (nSPS) is 24.1. The third-order valence-electron chi connectivity index (χ3n) is 5.38. The molecule has 2 fully saturated rings. The second-order valence-corrected chi connectivity index (χ2v) is 7.91. The maximum absolute atomic E-state index is 12.5. The molecule has 0 saturated heterocycles. The van der Waals surface area contributed by atoms with Gasteiger partial charge in [-0.25, -0.2) is 0 Å². The summed E-state index contributed by atoms with van der Waals surface area (Å²) in [5.74, 6) is 0.0902. The lowest BCUT2D eigenvalue weighted by molar-refractivity contribution is -0.129. The predicted octanol–water partition coefficient (Wildman–Crippen LogP) is 4.80. The topological polar surface area (TPSA) is 58.2 Å². The summed E-state index contributed by atoms with van der Waals surface area (Å²) in [7, 11) is 0. The van der Waals surface area contributed by atoms with Crippen LogP contribution in [-0.2, 0) is 9.59 Å². The summed E-state index contributed by atoms with van der Waals surface area (Å²) in [6, 6.07) is 5.55. The Balaban J connectivity index is 1.48. The van der Waals surface area contributed by atoms with E-state index in [0.717, 1.165) is 38.5 Å². The summed E-state index contributed by atoms with van der Waals surface area (Å²) in [6.45, 7) is 0. The first-order valence-corrected chi connectivity index (χ1v) is 9.85. The minimum Gasteiger partial charge on any atom is -0.353 e. The van der Waals surface area contributed by atoms with Crippen LogP contribution >= 0.6 is 23.2 Å². The van der Waals surface area contributed by atoms with Crippen molar-refractivity contribution in [3.8, 4) is 0 Å². The Morgan fingerprint density at radius 2 is 1.48 bits per heavy atom. The fourth-order valence-electron chi connectivity index (χ4n) is 3.84. The number of rotatable bonds is 4. The summed E-state index contributed by atoms with van der Waals surface area (Å²) in [5.41, 5.74) is 0.542. The lowest BCUT2D eigenvalue weighted by Crippen LogP contribution is -2.39. The molecule has 0 radical (unpaired) electrons. The maximum atomic E-state index is 12.5. The second kappa shape index (κ2) is 8.41. The van der Waals surface area contributed by atoms with E-state index in [0.29, 0.717) is 21.8 Å². The Hall–Kier alpha value is -1.26. The fraction of sp³-hybridized carbons (Fsp3) is 0.579. The van der Waals surface area contributed by atoms with Crippen LogP contribution in [0.3, 0.4) is 0 Å². The third kappa shape index (κ3) is 4.68. The molecule has 2 N–H and O–H groups in total. The molecule has 0 heterocycles. The number of carbonyl (C=O) groups excluding carboxylic acids is 2. The van der Waals surface area contributed by atoms with Gasteiger partial charge in [0, 0.05) is 17.9 Å². The van der Waals surface area contributed by atoms with Crippen molar-refractivity contribution in [2.24, 2.45) is 11.8 Å². The number of hydrogen-bond donors (Lipinski definition) is 2. The van der Waals surface area contributed by atoms with Crippen molar-refractivity contribution in [1.29, 1.82) is 0 Å². The van der Waals surface area contributed by atoms with Crippen LogP contribution in [0.1, 0.15) is 51.4 Å². The van der Waals surface area contributed by atoms with Crippen LogP contribution in [0.25, 0.3) is 0 Å². The van der Waals surface area contributed by atoms with E-state index in [1.807, 2.05) is 0 Å². The molecule has 1 aromatic carbocycles. The van der Waals surface area contributed by atoms with Crippen molar-refractivity contribution >= 4 is 40.7 Å². The van der Waals surface area contributed by atoms with E-state index in [4.69, 9.17) is 23.2 Å². The lowest BCUT2D eigenvalue weighted by Gasteiger charge is -2.28. The Labute approximate surface area is 158 Å². The molecule has 136 valence electrons. The van der Waals surface area contributed by atoms with Crippen LogP contribution in [0.5, 0.6) is 0 Å². The average molecular weight is 383 g/mol. The molecule has 0 bridgehead atoms. The summed E-state index contributed by atoms with van der Waals surface area (Å²) in [5, 5.41) is 6.83. The molecular weight excluding hydrogens is 359 g/mol. The first-order valence-electron chi connectivity index (χ1n) is 9.10. The largest absolute Gasteiger partial charge is 0.353 e. The van der Waals surface area contributed by atoms with Gasteiger partial charge in [0.2, 0.25) is 11.8 Å². The number of nitrogens with one attached hydrogen (secondary N) is 2. The third-order valence-corrected chi connectivity index (χ3v) is 6.20. The van der Waals surface area contributed by atoms with Crippen molar-refractivity contribution in [1.82, 2.24) is 5.32 Å². The molecule has 2 aliphatic rings. The average Bonchev–Trinajstić information content (AvgIpc) is 3.12. The van der Waals surface area contributed by atoms with Gasteiger partial charge in [0.15, 0.2) is 0 Å². The van der Waals surface area contributed by atoms with Gasteiger partial charge in [0.05, 0.1) is 15.7 Å². The number of amides is 2. The zero-order valence-electron chi connectivity index (χ0n) is 14.2. The number of benzene rings is 1. The summed E-state index contributed by atoms with van der Waals surface area (Å²) in [6.07, 6.45) is 7.61. The Morgan fingerprint density at radius 1 is 0.880 bits per heavy atom. The quantitative estimate of drug-likeness (QED) is 0.785. The van der Waals surface area contributed by atoms with Crippen molar-refractivity contribution in [3.63, 3.8) is 0 Å². The van der Waals surface area contributed by atoms with Crippen LogP contribution in [0.2, 0.25) is 10.0 Å². The monoisotopic (exact) mass is 382 g/mol. The summed E-state index contributed by atoms with van der Waals surface area (Å²) >= 11 is 12.1. The Morgan fingerprint density at radius 3 is 2.12 bits per heavy atom. The highest BCUT2D eigenvalue weighted by molar-refractivity contribution is 6.44. The highest BCUT2D eigenvalue weighted by atomic mass is 35.5. The van der Waals surface area contributed by atoms with Crippen LogP contribution in [-0.4, -0.2) is 17.9 Å². The van der Waals surface area contributed by atoms with E-state index in [1.165, 1.54) is 12.8 Å². The molecule has 0 aliphatic heterocycles. The molecule has 25 heavy (non-hydrogen) atoms. The van der Waals surface area contributed by atoms with Gasteiger partial charge in [-0.15, -0.1) is 0 Å². The van der Waals surface area contributed by atoms with E-state index in [2.05, 4.69) is 10.6 Å². The summed E-state index contributed by atoms with van der Waals surface area (Å²) < 4.78 is 0. The van der Waals surface area contributed by atoms with Gasteiger partial charge in [0.25, 0.3) is 0 Å². The van der Waals surface area contributed by atoms with E-state index in [-0.39, 0.29) is 23.7 Å². The van der Waals surface area contributed by atoms with Crippen molar-refractivity contribution in [3.05, 3.63) is 28.2 Å². The molecule has 0 atom stereocenters. The summed E-state index contributed by atoms with van der Waals surface area (Å²) in [4.78, 5) is 24.8. The van der Waals surface area contributed by atoms with Crippen LogP contribution < -0.4 is 10.6 Å². The number of anilines is 1. The van der Waals surface area contributed by atoms with E-state index in [1.54, 1.807) is 18.2 Å². The molecule has 6 heteroatoms. The van der Waals surface area contributed by atoms with Gasteiger partial charge in [-0.3, -0.25) is 9.59 Å². The second-order valence-electron chi connectivity index (χ2n) is 7.13. The minimum atomic E-state index is -0.0782. The zero-order valence-corrected chi connectivity index (χ0v) is 15.7. The van der Waals surface area contributed by atoms with Crippen molar-refractivity contribution < 1.29 is 9.59 Å². The number of halogens is 2. The Bertz CT molecular complexity index is 636. The van der Waals surface area contributed by atoms with E-state index >= 15 is 0 Å². The SMILES string of the molecule is O=C(Nc1cccc(Cl)c1Cl)C1CCC(C(=O)NC2CCCC2)CC1. The van der Waals surface area contributed by atoms with E-state index < -0.39 is 0 Å². The highest BCUT2D eigenvalue weighted by Crippen LogP contribution is 2.33. The molecule has 0 unspecified atom stereocenters. The fourth-order valence-corrected chi connectivity index (χ4v) is 4.19. The highest BCUT2D eigenvalue weighted by Gasteiger charge is 2.31. The molecule has 0 aromatic heterocycles. The smallest absolute Gasteiger partial charge is 0.227 e. The zero-order chi connectivity index (χ0) is 17.8. The molecular formula is C19H24Cl2N2O2. The van der Waals surface area contributed by atoms with Gasteiger partial charge >= 0.3 is 0 Å². The molecule has 0 spiro atoms. The van der Waals surface area contributed by atoms with Gasteiger partial charge in [-0.1, -0.05) is 42.1 Å². The predicted molar refractivity (Wildman–Crippen MR) is 101 cm³/mol. The minimum absolute atomic E-state index is 0.0411. The number of carbonyl (C=O) groups is 2. The first kappa shape index (κ1) is 18.5. The lowest BCUT2D eigenvalue weighted by atomic mass is 9.81. The van der Waals surface area contributed by atoms with E-state index in [9.17, 15) is 9.59 Å². The van der Waals surface area contributed by atoms with Gasteiger partial charge < -0.3 is 10.6 Å². The molecule has 2 aliphatic carbocycles. The molecule has 2 amide bonds. The molecule has 1 aromatic rings. The molecule has 3 rings (SSSR count). The van der Waals surface area contributed by atoms with Gasteiger partial charge in [-0.2, -0.15) is 0 Å². The maximum Gasteiger partial charge on any atom is 0.227 e. The Kier molecular flexibility index (Phi) is 6.24. The first-order chi connectivity index (χ1) is 12.0. The number of hydrogen-bond acceptors (Lipinski definition) is 2. The van der Waals surface area contributed by atoms with Crippen molar-refractivity contribution in [2.45, 2.75) is 57.4 Å². The molecule has 2 saturated carbocycles. The van der Waals surface area contributed by atoms with Crippen LogP contribution in [0.15, 0.2) is 18.2 Å². The standard InChI is InChI=1S/C19H24Cl2N2O2/c20-15-6-3-7-16(17(15)21)23-19(25)13-10-8-12(9-11-13)18(24)22-14-4-1-2-5-14/h3,6-7,12-14H,1-2,4-5,8-11H2,(H,22,24)(H,23,25). The van der Waals surface area contributed by atoms with Crippen LogP contribution in [0, 0.1) is 11.8 Å². The van der Waals surface area contributed by atoms with Crippen LogP contribution in [0.4, 0.5) is 5.69 Å².